The number of rotatable bonds is 1. The van der Waals surface area contributed by atoms with Crippen LogP contribution < -0.4 is 0 Å². The molecule has 5 fully saturated rings. The fourth-order valence-corrected chi connectivity index (χ4v) is 9.85. The molecule has 0 bridgehead atoms. The lowest BCUT2D eigenvalue weighted by Gasteiger charge is -2.57. The largest absolute Gasteiger partial charge is 0.463 e. The number of esters is 1. The Morgan fingerprint density at radius 2 is 1.91 bits per heavy atom. The maximum Gasteiger partial charge on any atom is 0.302 e. The molecule has 0 aromatic carbocycles. The standard InChI is InChI=1S/C29H44O4/c1-17-8-13-29(31-16-17)18(2)26-25(33-29)15-24-22-7-6-20-14-21(32-19(3)30)9-11-27(20,4)23(22)10-12-28(24,26)5/h10,17-18,20-22,24-26H,6-9,11-16H2,1-5H3/t17-,18+,20+,21+,22-,24+,25+,26+,27+,28+,29-/m1/s1. The summed E-state index contributed by atoms with van der Waals surface area (Å²) in [5, 5.41) is 0. The van der Waals surface area contributed by atoms with Crippen LogP contribution in [-0.4, -0.2) is 30.6 Å². The summed E-state index contributed by atoms with van der Waals surface area (Å²) in [5.74, 6) is 3.40. The van der Waals surface area contributed by atoms with Gasteiger partial charge in [0.05, 0.1) is 12.7 Å². The van der Waals surface area contributed by atoms with Gasteiger partial charge in [-0.05, 0) is 91.8 Å². The van der Waals surface area contributed by atoms with Crippen molar-refractivity contribution in [3.63, 3.8) is 0 Å². The van der Waals surface area contributed by atoms with Gasteiger partial charge in [-0.15, -0.1) is 0 Å². The first-order valence-electron chi connectivity index (χ1n) is 13.9. The van der Waals surface area contributed by atoms with Crippen LogP contribution in [0.4, 0.5) is 0 Å². The molecule has 2 heterocycles. The molecule has 184 valence electrons. The monoisotopic (exact) mass is 456 g/mol. The van der Waals surface area contributed by atoms with Crippen molar-refractivity contribution in [2.75, 3.05) is 6.61 Å². The van der Waals surface area contributed by atoms with Crippen LogP contribution in [0.5, 0.6) is 0 Å². The van der Waals surface area contributed by atoms with Crippen molar-refractivity contribution < 1.29 is 19.0 Å². The van der Waals surface area contributed by atoms with E-state index in [9.17, 15) is 4.79 Å². The zero-order chi connectivity index (χ0) is 23.2. The molecule has 6 rings (SSSR count). The smallest absolute Gasteiger partial charge is 0.302 e. The van der Waals surface area contributed by atoms with E-state index in [0.717, 1.165) is 38.2 Å². The Balaban J connectivity index is 1.25. The van der Waals surface area contributed by atoms with Crippen molar-refractivity contribution in [1.29, 1.82) is 0 Å². The van der Waals surface area contributed by atoms with Crippen LogP contribution in [-0.2, 0) is 19.0 Å². The molecule has 2 aliphatic heterocycles. The summed E-state index contributed by atoms with van der Waals surface area (Å²) in [6.45, 7) is 12.3. The van der Waals surface area contributed by atoms with E-state index in [1.54, 1.807) is 12.5 Å². The lowest BCUT2D eigenvalue weighted by Crippen LogP contribution is -2.51. The second kappa shape index (κ2) is 7.56. The van der Waals surface area contributed by atoms with Crippen molar-refractivity contribution in [3.8, 4) is 0 Å². The van der Waals surface area contributed by atoms with E-state index in [2.05, 4.69) is 33.8 Å². The third kappa shape index (κ3) is 3.18. The minimum atomic E-state index is -0.321. The van der Waals surface area contributed by atoms with Gasteiger partial charge >= 0.3 is 5.97 Å². The molecule has 4 heteroatoms. The average Bonchev–Trinajstić information content (AvgIpc) is 3.21. The molecule has 0 amide bonds. The summed E-state index contributed by atoms with van der Waals surface area (Å²) < 4.78 is 19.0. The van der Waals surface area contributed by atoms with Gasteiger partial charge in [0.2, 0.25) is 0 Å². The van der Waals surface area contributed by atoms with Crippen molar-refractivity contribution in [1.82, 2.24) is 0 Å². The lowest BCUT2D eigenvalue weighted by molar-refractivity contribution is -0.272. The molecule has 4 aliphatic carbocycles. The summed E-state index contributed by atoms with van der Waals surface area (Å²) >= 11 is 0. The number of hydrogen-bond donors (Lipinski definition) is 0. The zero-order valence-corrected chi connectivity index (χ0v) is 21.4. The predicted molar refractivity (Wildman–Crippen MR) is 127 cm³/mol. The van der Waals surface area contributed by atoms with E-state index in [1.165, 1.54) is 32.1 Å². The molecule has 0 aromatic rings. The van der Waals surface area contributed by atoms with Crippen LogP contribution in [0, 0.1) is 46.3 Å². The molecule has 4 nitrogen and oxygen atoms in total. The Kier molecular flexibility index (Phi) is 5.18. The van der Waals surface area contributed by atoms with Crippen LogP contribution in [0.2, 0.25) is 0 Å². The van der Waals surface area contributed by atoms with Crippen molar-refractivity contribution >= 4 is 5.97 Å². The summed E-state index contributed by atoms with van der Waals surface area (Å²) in [4.78, 5) is 11.5. The number of fused-ring (bicyclic) bond motifs is 7. The SMILES string of the molecule is CC(=O)O[C@H]1CC[C@]2(C)C3=CC[C@]4(C)[C@@H]5[C@H](C[C@H]4[C@@H]3CC[C@H]2C1)O[C@]1(CC[C@@H](C)CO1)[C@H]5C. The maximum absolute atomic E-state index is 11.5. The second-order valence-electron chi connectivity index (χ2n) is 13.3. The third-order valence-corrected chi connectivity index (χ3v) is 11.6. The second-order valence-corrected chi connectivity index (χ2v) is 13.3. The first-order chi connectivity index (χ1) is 15.7. The van der Waals surface area contributed by atoms with Gasteiger partial charge in [-0.3, -0.25) is 4.79 Å². The van der Waals surface area contributed by atoms with Gasteiger partial charge in [0, 0.05) is 19.3 Å². The molecule has 33 heavy (non-hydrogen) atoms. The predicted octanol–water partition coefficient (Wildman–Crippen LogP) is 6.28. The van der Waals surface area contributed by atoms with Crippen LogP contribution in [0.25, 0.3) is 0 Å². The normalized spacial score (nSPS) is 55.2. The van der Waals surface area contributed by atoms with Gasteiger partial charge in [-0.2, -0.15) is 0 Å². The Morgan fingerprint density at radius 3 is 2.64 bits per heavy atom. The van der Waals surface area contributed by atoms with E-state index in [4.69, 9.17) is 14.2 Å². The molecule has 3 saturated carbocycles. The van der Waals surface area contributed by atoms with Crippen molar-refractivity contribution in [2.24, 2.45) is 46.3 Å². The first kappa shape index (κ1) is 22.6. The molecule has 0 radical (unpaired) electrons. The third-order valence-electron chi connectivity index (χ3n) is 11.6. The van der Waals surface area contributed by atoms with Gasteiger partial charge in [0.25, 0.3) is 0 Å². The molecule has 0 N–H and O–H groups in total. The zero-order valence-electron chi connectivity index (χ0n) is 21.4. The number of ether oxygens (including phenoxy) is 3. The average molecular weight is 457 g/mol. The Labute approximate surface area is 200 Å². The number of allylic oxidation sites excluding steroid dienone is 2. The molecule has 1 spiro atoms. The Morgan fingerprint density at radius 1 is 1.09 bits per heavy atom. The van der Waals surface area contributed by atoms with E-state index in [-0.39, 0.29) is 23.3 Å². The van der Waals surface area contributed by atoms with Gasteiger partial charge in [-0.25, -0.2) is 0 Å². The maximum atomic E-state index is 11.5. The van der Waals surface area contributed by atoms with Crippen LogP contribution in [0.15, 0.2) is 11.6 Å². The molecule has 0 unspecified atom stereocenters. The molecule has 2 saturated heterocycles. The fourth-order valence-electron chi connectivity index (χ4n) is 9.85. The molecule has 11 atom stereocenters. The molecule has 6 aliphatic rings. The van der Waals surface area contributed by atoms with Gasteiger partial charge in [0.1, 0.15) is 6.10 Å². The van der Waals surface area contributed by atoms with Crippen molar-refractivity contribution in [2.45, 2.75) is 110 Å². The number of hydrogen-bond acceptors (Lipinski definition) is 4. The van der Waals surface area contributed by atoms with Gasteiger partial charge in [-0.1, -0.05) is 39.3 Å². The van der Waals surface area contributed by atoms with E-state index < -0.39 is 0 Å². The first-order valence-corrected chi connectivity index (χ1v) is 13.9. The van der Waals surface area contributed by atoms with Crippen LogP contribution in [0.3, 0.4) is 0 Å². The highest BCUT2D eigenvalue weighted by molar-refractivity contribution is 5.66. The van der Waals surface area contributed by atoms with Gasteiger partial charge < -0.3 is 14.2 Å². The Bertz CT molecular complexity index is 841. The summed E-state index contributed by atoms with van der Waals surface area (Å²) in [6, 6.07) is 0. The fraction of sp³-hybridized carbons (Fsp3) is 0.897. The van der Waals surface area contributed by atoms with Crippen LogP contribution >= 0.6 is 0 Å². The van der Waals surface area contributed by atoms with Gasteiger partial charge in [0.15, 0.2) is 5.79 Å². The molecular formula is C29H44O4. The molecular weight excluding hydrogens is 412 g/mol. The van der Waals surface area contributed by atoms with E-state index >= 15 is 0 Å². The van der Waals surface area contributed by atoms with E-state index in [0.29, 0.717) is 41.1 Å². The lowest BCUT2D eigenvalue weighted by atomic mass is 9.48. The Hall–Kier alpha value is -0.870. The van der Waals surface area contributed by atoms with E-state index in [1.807, 2.05) is 0 Å². The highest BCUT2D eigenvalue weighted by Gasteiger charge is 2.67. The minimum absolute atomic E-state index is 0.120. The summed E-state index contributed by atoms with van der Waals surface area (Å²) in [5.41, 5.74) is 2.37. The quantitative estimate of drug-likeness (QED) is 0.344. The van der Waals surface area contributed by atoms with Crippen LogP contribution in [0.1, 0.15) is 92.4 Å². The highest BCUT2D eigenvalue weighted by atomic mass is 16.7. The summed E-state index contributed by atoms with van der Waals surface area (Å²) in [6.07, 6.45) is 13.7. The topological polar surface area (TPSA) is 44.8 Å². The number of carbonyl (C=O) groups is 1. The number of carbonyl (C=O) groups excluding carboxylic acids is 1. The highest BCUT2D eigenvalue weighted by Crippen LogP contribution is 2.69. The van der Waals surface area contributed by atoms with Crippen molar-refractivity contribution in [3.05, 3.63) is 11.6 Å². The summed E-state index contributed by atoms with van der Waals surface area (Å²) in [7, 11) is 0. The minimum Gasteiger partial charge on any atom is -0.463 e. The molecule has 0 aromatic heterocycles.